The van der Waals surface area contributed by atoms with Crippen LogP contribution in [-0.2, 0) is 0 Å². The Balaban J connectivity index is 2.11. The third kappa shape index (κ3) is 3.78. The van der Waals surface area contributed by atoms with Gasteiger partial charge >= 0.3 is 6.36 Å². The molecule has 3 nitrogen and oxygen atoms in total. The standard InChI is InChI=1S/C13H10F4N2O/c14-11-7-8(18)1-6-12(11)19-9-2-4-10(5-3-9)20-13(15,16)17/h1-7,19H,18H2. The molecule has 2 aromatic rings. The number of ether oxygens (including phenoxy) is 1. The van der Waals surface area contributed by atoms with Gasteiger partial charge in [0.05, 0.1) is 5.69 Å². The highest BCUT2D eigenvalue weighted by atomic mass is 19.4. The second-order valence-corrected chi connectivity index (χ2v) is 3.94. The minimum Gasteiger partial charge on any atom is -0.406 e. The predicted molar refractivity (Wildman–Crippen MR) is 67.2 cm³/mol. The normalized spacial score (nSPS) is 11.2. The molecule has 0 aliphatic rings. The summed E-state index contributed by atoms with van der Waals surface area (Å²) in [6, 6.07) is 9.03. The van der Waals surface area contributed by atoms with Gasteiger partial charge in [-0.3, -0.25) is 0 Å². The summed E-state index contributed by atoms with van der Waals surface area (Å²) in [6.07, 6.45) is -4.74. The Morgan fingerprint density at radius 3 is 2.20 bits per heavy atom. The molecule has 2 rings (SSSR count). The topological polar surface area (TPSA) is 47.3 Å². The van der Waals surface area contributed by atoms with Crippen molar-refractivity contribution >= 4 is 17.1 Å². The van der Waals surface area contributed by atoms with E-state index in [1.54, 1.807) is 0 Å². The molecular weight excluding hydrogens is 276 g/mol. The van der Waals surface area contributed by atoms with Gasteiger partial charge in [-0.2, -0.15) is 0 Å². The number of alkyl halides is 3. The Morgan fingerprint density at radius 1 is 1.00 bits per heavy atom. The van der Waals surface area contributed by atoms with Crippen molar-refractivity contribution in [2.75, 3.05) is 11.1 Å². The van der Waals surface area contributed by atoms with Crippen LogP contribution < -0.4 is 15.8 Å². The number of nitrogens with one attached hydrogen (secondary N) is 1. The first-order chi connectivity index (χ1) is 9.33. The SMILES string of the molecule is Nc1ccc(Nc2ccc(OC(F)(F)F)cc2)c(F)c1. The van der Waals surface area contributed by atoms with Gasteiger partial charge in [-0.25, -0.2) is 4.39 Å². The lowest BCUT2D eigenvalue weighted by molar-refractivity contribution is -0.274. The van der Waals surface area contributed by atoms with Crippen LogP contribution in [0.15, 0.2) is 42.5 Å². The summed E-state index contributed by atoms with van der Waals surface area (Å²) >= 11 is 0. The molecule has 0 aromatic heterocycles. The zero-order valence-corrected chi connectivity index (χ0v) is 10.0. The molecule has 0 aliphatic heterocycles. The van der Waals surface area contributed by atoms with Crippen molar-refractivity contribution in [1.82, 2.24) is 0 Å². The summed E-state index contributed by atoms with van der Waals surface area (Å²) in [6.45, 7) is 0. The van der Waals surface area contributed by atoms with E-state index in [1.807, 2.05) is 0 Å². The summed E-state index contributed by atoms with van der Waals surface area (Å²) in [5.74, 6) is -0.901. The molecule has 0 aliphatic carbocycles. The van der Waals surface area contributed by atoms with E-state index in [-0.39, 0.29) is 17.1 Å². The Hall–Kier alpha value is -2.44. The molecule has 0 radical (unpaired) electrons. The largest absolute Gasteiger partial charge is 0.573 e. The summed E-state index contributed by atoms with van der Waals surface area (Å²) in [5, 5.41) is 2.72. The third-order valence-corrected chi connectivity index (χ3v) is 2.36. The first-order valence-electron chi connectivity index (χ1n) is 5.51. The predicted octanol–water partition coefficient (Wildman–Crippen LogP) is 4.05. The number of rotatable bonds is 3. The maximum absolute atomic E-state index is 13.5. The summed E-state index contributed by atoms with van der Waals surface area (Å²) < 4.78 is 53.2. The number of halogens is 4. The van der Waals surface area contributed by atoms with E-state index < -0.39 is 12.2 Å². The van der Waals surface area contributed by atoms with E-state index in [2.05, 4.69) is 10.1 Å². The zero-order chi connectivity index (χ0) is 14.8. The maximum atomic E-state index is 13.5. The lowest BCUT2D eigenvalue weighted by atomic mass is 10.2. The van der Waals surface area contributed by atoms with Gasteiger partial charge in [0, 0.05) is 11.4 Å². The van der Waals surface area contributed by atoms with Crippen molar-refractivity contribution in [3.63, 3.8) is 0 Å². The van der Waals surface area contributed by atoms with Crippen LogP contribution in [0.2, 0.25) is 0 Å². The van der Waals surface area contributed by atoms with E-state index >= 15 is 0 Å². The van der Waals surface area contributed by atoms with Gasteiger partial charge in [-0.15, -0.1) is 13.2 Å². The Bertz CT molecular complexity index is 596. The monoisotopic (exact) mass is 286 g/mol. The van der Waals surface area contributed by atoms with Crippen molar-refractivity contribution in [2.24, 2.45) is 0 Å². The number of nitrogens with two attached hydrogens (primary N) is 1. The molecule has 7 heteroatoms. The molecule has 0 bridgehead atoms. The minimum atomic E-state index is -4.74. The lowest BCUT2D eigenvalue weighted by Gasteiger charge is -2.11. The van der Waals surface area contributed by atoms with Gasteiger partial charge in [0.25, 0.3) is 0 Å². The van der Waals surface area contributed by atoms with Gasteiger partial charge in [0.15, 0.2) is 0 Å². The molecule has 0 unspecified atom stereocenters. The number of anilines is 3. The molecule has 0 heterocycles. The fourth-order valence-electron chi connectivity index (χ4n) is 1.53. The quantitative estimate of drug-likeness (QED) is 0.661. The summed E-state index contributed by atoms with van der Waals surface area (Å²) in [4.78, 5) is 0. The molecule has 0 spiro atoms. The molecule has 0 saturated carbocycles. The molecule has 20 heavy (non-hydrogen) atoms. The molecule has 2 aromatic carbocycles. The van der Waals surface area contributed by atoms with Gasteiger partial charge in [-0.1, -0.05) is 0 Å². The zero-order valence-electron chi connectivity index (χ0n) is 10.0. The van der Waals surface area contributed by atoms with Gasteiger partial charge in [-0.05, 0) is 42.5 Å². The van der Waals surface area contributed by atoms with Crippen molar-refractivity contribution in [3.05, 3.63) is 48.3 Å². The molecular formula is C13H10F4N2O. The van der Waals surface area contributed by atoms with E-state index in [9.17, 15) is 17.6 Å². The maximum Gasteiger partial charge on any atom is 0.573 e. The van der Waals surface area contributed by atoms with Crippen LogP contribution in [0, 0.1) is 5.82 Å². The second kappa shape index (κ2) is 5.28. The molecule has 0 atom stereocenters. The van der Waals surface area contributed by atoms with Crippen molar-refractivity contribution in [1.29, 1.82) is 0 Å². The van der Waals surface area contributed by atoms with Crippen LogP contribution in [0.4, 0.5) is 34.6 Å². The number of hydrogen-bond donors (Lipinski definition) is 2. The molecule has 0 saturated heterocycles. The molecule has 0 amide bonds. The number of benzene rings is 2. The first kappa shape index (κ1) is 14.0. The Morgan fingerprint density at radius 2 is 1.65 bits per heavy atom. The van der Waals surface area contributed by atoms with E-state index in [0.29, 0.717) is 5.69 Å². The highest BCUT2D eigenvalue weighted by Gasteiger charge is 2.30. The number of hydrogen-bond acceptors (Lipinski definition) is 3. The van der Waals surface area contributed by atoms with Crippen molar-refractivity contribution in [3.8, 4) is 5.75 Å². The van der Waals surface area contributed by atoms with Gasteiger partial charge in [0.2, 0.25) is 0 Å². The highest BCUT2D eigenvalue weighted by molar-refractivity contribution is 5.63. The average Bonchev–Trinajstić information content (AvgIpc) is 2.33. The second-order valence-electron chi connectivity index (χ2n) is 3.94. The summed E-state index contributed by atoms with van der Waals surface area (Å²) in [5.41, 5.74) is 6.28. The fourth-order valence-corrected chi connectivity index (χ4v) is 1.53. The average molecular weight is 286 g/mol. The van der Waals surface area contributed by atoms with Gasteiger partial charge < -0.3 is 15.8 Å². The molecule has 0 fully saturated rings. The smallest absolute Gasteiger partial charge is 0.406 e. The molecule has 3 N–H and O–H groups in total. The van der Waals surface area contributed by atoms with Crippen LogP contribution in [0.25, 0.3) is 0 Å². The number of nitrogen functional groups attached to an aromatic ring is 1. The lowest BCUT2D eigenvalue weighted by Crippen LogP contribution is -2.16. The van der Waals surface area contributed by atoms with Gasteiger partial charge in [0.1, 0.15) is 11.6 Å². The Labute approximate surface area is 112 Å². The Kier molecular flexibility index (Phi) is 3.69. The van der Waals surface area contributed by atoms with Crippen molar-refractivity contribution in [2.45, 2.75) is 6.36 Å². The van der Waals surface area contributed by atoms with Crippen molar-refractivity contribution < 1.29 is 22.3 Å². The molecule has 106 valence electrons. The highest BCUT2D eigenvalue weighted by Crippen LogP contribution is 2.26. The minimum absolute atomic E-state index is 0.170. The van der Waals surface area contributed by atoms with Crippen LogP contribution in [0.5, 0.6) is 5.75 Å². The van der Waals surface area contributed by atoms with E-state index in [0.717, 1.165) is 18.2 Å². The van der Waals surface area contributed by atoms with Crippen LogP contribution in [0.3, 0.4) is 0 Å². The first-order valence-corrected chi connectivity index (χ1v) is 5.51. The van der Waals surface area contributed by atoms with Crippen LogP contribution in [-0.4, -0.2) is 6.36 Å². The van der Waals surface area contributed by atoms with Crippen LogP contribution >= 0.6 is 0 Å². The summed E-state index contributed by atoms with van der Waals surface area (Å²) in [7, 11) is 0. The van der Waals surface area contributed by atoms with E-state index in [4.69, 9.17) is 5.73 Å². The third-order valence-electron chi connectivity index (χ3n) is 2.36. The van der Waals surface area contributed by atoms with E-state index in [1.165, 1.54) is 24.3 Å². The fraction of sp³-hybridized carbons (Fsp3) is 0.0769. The van der Waals surface area contributed by atoms with Crippen LogP contribution in [0.1, 0.15) is 0 Å².